The van der Waals surface area contributed by atoms with Crippen molar-refractivity contribution in [2.45, 2.75) is 13.0 Å². The maximum Gasteiger partial charge on any atom is 0.166 e. The van der Waals surface area contributed by atoms with Gasteiger partial charge >= 0.3 is 0 Å². The topological polar surface area (TPSA) is 69.8 Å². The fourth-order valence-electron chi connectivity index (χ4n) is 3.75. The number of ether oxygens (including phenoxy) is 3. The zero-order valence-corrected chi connectivity index (χ0v) is 20.3. The summed E-state index contributed by atoms with van der Waals surface area (Å²) in [4.78, 5) is 6.59. The van der Waals surface area contributed by atoms with Crippen LogP contribution in [0.15, 0.2) is 48.7 Å². The van der Waals surface area contributed by atoms with Crippen molar-refractivity contribution >= 4 is 29.0 Å². The third-order valence-corrected chi connectivity index (χ3v) is 6.33. The van der Waals surface area contributed by atoms with Crippen LogP contribution in [0.4, 0.5) is 10.2 Å². The largest absolute Gasteiger partial charge is 0.492 e. The molecule has 0 bridgehead atoms. The van der Waals surface area contributed by atoms with Gasteiger partial charge in [0.25, 0.3) is 0 Å². The molecule has 1 aliphatic rings. The molecule has 1 aromatic heterocycles. The van der Waals surface area contributed by atoms with Gasteiger partial charge in [0, 0.05) is 42.0 Å². The summed E-state index contributed by atoms with van der Waals surface area (Å²) >= 11 is 12.4. The highest BCUT2D eigenvalue weighted by Gasteiger charge is 2.20. The van der Waals surface area contributed by atoms with Crippen molar-refractivity contribution in [2.75, 3.05) is 45.2 Å². The zero-order chi connectivity index (χ0) is 24.1. The van der Waals surface area contributed by atoms with Crippen molar-refractivity contribution in [2.24, 2.45) is 0 Å². The van der Waals surface area contributed by atoms with E-state index in [0.29, 0.717) is 22.9 Å². The minimum absolute atomic E-state index is 0.0791. The van der Waals surface area contributed by atoms with E-state index in [-0.39, 0.29) is 10.8 Å². The van der Waals surface area contributed by atoms with Crippen LogP contribution in [0.1, 0.15) is 18.6 Å². The van der Waals surface area contributed by atoms with Crippen LogP contribution < -0.4 is 15.2 Å². The predicted molar refractivity (Wildman–Crippen MR) is 132 cm³/mol. The lowest BCUT2D eigenvalue weighted by atomic mass is 10.1. The Morgan fingerprint density at radius 1 is 1.15 bits per heavy atom. The van der Waals surface area contributed by atoms with Gasteiger partial charge in [0.1, 0.15) is 24.3 Å². The summed E-state index contributed by atoms with van der Waals surface area (Å²) in [5.74, 6) is 0.746. The summed E-state index contributed by atoms with van der Waals surface area (Å²) in [6.45, 7) is 6.53. The van der Waals surface area contributed by atoms with Crippen LogP contribution in [0.25, 0.3) is 11.1 Å². The number of hydrogen-bond donors (Lipinski definition) is 1. The highest BCUT2D eigenvalue weighted by Crippen LogP contribution is 2.37. The van der Waals surface area contributed by atoms with Crippen LogP contribution in [0.5, 0.6) is 11.5 Å². The third-order valence-electron chi connectivity index (χ3n) is 5.62. The average Bonchev–Trinajstić information content (AvgIpc) is 2.84. The quantitative estimate of drug-likeness (QED) is 0.400. The summed E-state index contributed by atoms with van der Waals surface area (Å²) in [6.07, 6.45) is 1.02. The Bertz CT molecular complexity index is 1140. The minimum Gasteiger partial charge on any atom is -0.492 e. The number of pyridine rings is 1. The lowest BCUT2D eigenvalue weighted by Gasteiger charge is -2.26. The Labute approximate surface area is 208 Å². The summed E-state index contributed by atoms with van der Waals surface area (Å²) in [5, 5.41) is 0.230. The Hall–Kier alpha value is -2.58. The Morgan fingerprint density at radius 3 is 2.74 bits per heavy atom. The molecule has 9 heteroatoms. The molecule has 1 atom stereocenters. The Balaban J connectivity index is 1.47. The zero-order valence-electron chi connectivity index (χ0n) is 18.8. The number of benzene rings is 2. The van der Waals surface area contributed by atoms with Crippen LogP contribution >= 0.6 is 23.2 Å². The van der Waals surface area contributed by atoms with Gasteiger partial charge < -0.3 is 19.9 Å². The van der Waals surface area contributed by atoms with Crippen molar-refractivity contribution in [1.29, 1.82) is 0 Å². The van der Waals surface area contributed by atoms with Crippen molar-refractivity contribution in [3.63, 3.8) is 0 Å². The normalized spacial score (nSPS) is 15.2. The van der Waals surface area contributed by atoms with E-state index in [9.17, 15) is 4.39 Å². The molecule has 2 heterocycles. The highest BCUT2D eigenvalue weighted by molar-refractivity contribution is 6.36. The number of rotatable bonds is 8. The molecule has 0 aliphatic carbocycles. The second-order valence-electron chi connectivity index (χ2n) is 7.95. The van der Waals surface area contributed by atoms with Crippen LogP contribution in [0, 0.1) is 5.82 Å². The minimum atomic E-state index is -0.648. The van der Waals surface area contributed by atoms with Gasteiger partial charge in [-0.2, -0.15) is 0 Å². The molecule has 0 amide bonds. The second kappa shape index (κ2) is 11.2. The summed E-state index contributed by atoms with van der Waals surface area (Å²) in [5.41, 5.74) is 8.10. The molecule has 6 nitrogen and oxygen atoms in total. The van der Waals surface area contributed by atoms with Gasteiger partial charge in [0.05, 0.1) is 18.2 Å². The first-order valence-electron chi connectivity index (χ1n) is 11.0. The molecular formula is C25H26Cl2FN3O3. The van der Waals surface area contributed by atoms with Gasteiger partial charge in [-0.3, -0.25) is 4.90 Å². The number of anilines is 1. The lowest BCUT2D eigenvalue weighted by molar-refractivity contribution is 0.0322. The molecule has 1 saturated heterocycles. The Kier molecular flexibility index (Phi) is 8.11. The SMILES string of the molecule is CC(Oc1cc(-c2cccc(OCCN3CCOCC3)c2)cnc1N)c1c(Cl)ccc(F)c1Cl. The van der Waals surface area contributed by atoms with Crippen LogP contribution in [0.2, 0.25) is 10.0 Å². The van der Waals surface area contributed by atoms with E-state index >= 15 is 0 Å². The number of morpholine rings is 1. The van der Waals surface area contributed by atoms with Crippen LogP contribution in [-0.4, -0.2) is 49.3 Å². The van der Waals surface area contributed by atoms with Crippen LogP contribution in [-0.2, 0) is 4.74 Å². The van der Waals surface area contributed by atoms with E-state index in [0.717, 1.165) is 49.7 Å². The fraction of sp³-hybridized carbons (Fsp3) is 0.320. The van der Waals surface area contributed by atoms with Crippen molar-refractivity contribution < 1.29 is 18.6 Å². The number of halogens is 3. The summed E-state index contributed by atoms with van der Waals surface area (Å²) in [6, 6.07) is 12.2. The smallest absolute Gasteiger partial charge is 0.166 e. The van der Waals surface area contributed by atoms with E-state index in [1.54, 1.807) is 19.2 Å². The number of aromatic nitrogens is 1. The molecule has 0 radical (unpaired) electrons. The molecule has 4 rings (SSSR count). The number of nitrogens with zero attached hydrogens (tertiary/aromatic N) is 2. The first-order valence-corrected chi connectivity index (χ1v) is 11.8. The monoisotopic (exact) mass is 505 g/mol. The van der Waals surface area contributed by atoms with Gasteiger partial charge in [-0.05, 0) is 42.8 Å². The second-order valence-corrected chi connectivity index (χ2v) is 8.74. The third kappa shape index (κ3) is 5.91. The van der Waals surface area contributed by atoms with Crippen molar-refractivity contribution in [3.8, 4) is 22.6 Å². The first kappa shape index (κ1) is 24.5. The van der Waals surface area contributed by atoms with Gasteiger partial charge in [-0.15, -0.1) is 0 Å². The molecular weight excluding hydrogens is 480 g/mol. The van der Waals surface area contributed by atoms with E-state index in [1.165, 1.54) is 12.1 Å². The van der Waals surface area contributed by atoms with E-state index in [4.69, 9.17) is 43.1 Å². The predicted octanol–water partition coefficient (Wildman–Crippen LogP) is 5.63. The molecule has 1 fully saturated rings. The molecule has 180 valence electrons. The first-order chi connectivity index (χ1) is 16.4. The molecule has 0 spiro atoms. The van der Waals surface area contributed by atoms with E-state index in [1.807, 2.05) is 24.3 Å². The lowest BCUT2D eigenvalue weighted by Crippen LogP contribution is -2.38. The van der Waals surface area contributed by atoms with Gasteiger partial charge in [-0.25, -0.2) is 9.37 Å². The number of hydrogen-bond acceptors (Lipinski definition) is 6. The molecule has 0 saturated carbocycles. The molecule has 3 aromatic rings. The molecule has 1 aliphatic heterocycles. The van der Waals surface area contributed by atoms with E-state index in [2.05, 4.69) is 9.88 Å². The van der Waals surface area contributed by atoms with Crippen molar-refractivity contribution in [1.82, 2.24) is 9.88 Å². The van der Waals surface area contributed by atoms with Crippen LogP contribution in [0.3, 0.4) is 0 Å². The van der Waals surface area contributed by atoms with Crippen molar-refractivity contribution in [3.05, 3.63) is 70.1 Å². The summed E-state index contributed by atoms with van der Waals surface area (Å²) in [7, 11) is 0. The van der Waals surface area contributed by atoms with Gasteiger partial charge in [0.2, 0.25) is 0 Å². The fourth-order valence-corrected chi connectivity index (χ4v) is 4.43. The molecule has 1 unspecified atom stereocenters. The standard InChI is InChI=1S/C25H26Cl2FN3O3/c1-16(23-20(26)5-6-21(28)24(23)27)34-22-14-18(15-30-25(22)29)17-3-2-4-19(13-17)33-12-9-31-7-10-32-11-8-31/h2-6,13-16H,7-12H2,1H3,(H2,29,30). The molecule has 2 aromatic carbocycles. The Morgan fingerprint density at radius 2 is 1.94 bits per heavy atom. The number of nitrogen functional groups attached to an aromatic ring is 1. The van der Waals surface area contributed by atoms with E-state index < -0.39 is 11.9 Å². The average molecular weight is 506 g/mol. The van der Waals surface area contributed by atoms with Gasteiger partial charge in [0.15, 0.2) is 11.6 Å². The maximum absolute atomic E-state index is 14.0. The number of nitrogens with two attached hydrogens (primary N) is 1. The van der Waals surface area contributed by atoms with Gasteiger partial charge in [-0.1, -0.05) is 35.3 Å². The molecule has 34 heavy (non-hydrogen) atoms. The molecule has 2 N–H and O–H groups in total. The highest BCUT2D eigenvalue weighted by atomic mass is 35.5. The maximum atomic E-state index is 14.0. The summed E-state index contributed by atoms with van der Waals surface area (Å²) < 4.78 is 31.3.